The lowest BCUT2D eigenvalue weighted by Gasteiger charge is -2.13. The van der Waals surface area contributed by atoms with Gasteiger partial charge in [0.2, 0.25) is 5.78 Å². The van der Waals surface area contributed by atoms with Gasteiger partial charge in [0.05, 0.1) is 35.0 Å². The lowest BCUT2D eigenvalue weighted by molar-refractivity contribution is -0.137. The predicted octanol–water partition coefficient (Wildman–Crippen LogP) is 4.90. The van der Waals surface area contributed by atoms with Gasteiger partial charge < -0.3 is 9.72 Å². The van der Waals surface area contributed by atoms with Crippen molar-refractivity contribution in [3.63, 3.8) is 0 Å². The minimum absolute atomic E-state index is 0.146. The van der Waals surface area contributed by atoms with Crippen LogP contribution in [0.5, 0.6) is 5.75 Å². The van der Waals surface area contributed by atoms with Crippen LogP contribution in [0.3, 0.4) is 0 Å². The van der Waals surface area contributed by atoms with Crippen LogP contribution in [-0.2, 0) is 16.2 Å². The summed E-state index contributed by atoms with van der Waals surface area (Å²) in [6, 6.07) is 5.33. The zero-order chi connectivity index (χ0) is 25.5. The summed E-state index contributed by atoms with van der Waals surface area (Å²) < 4.78 is 100. The number of pyridine rings is 1. The molecule has 2 aromatic heterocycles. The van der Waals surface area contributed by atoms with Crippen LogP contribution >= 0.6 is 0 Å². The highest BCUT2D eigenvalue weighted by molar-refractivity contribution is 7.92. The third-order valence-corrected chi connectivity index (χ3v) is 6.42. The van der Waals surface area contributed by atoms with E-state index in [9.17, 15) is 30.8 Å². The molecule has 2 aromatic carbocycles. The van der Waals surface area contributed by atoms with E-state index in [1.165, 1.54) is 25.6 Å². The second kappa shape index (κ2) is 8.65. The molecule has 0 saturated carbocycles. The summed E-state index contributed by atoms with van der Waals surface area (Å²) in [5.74, 6) is -3.58. The Morgan fingerprint density at radius 1 is 1.09 bits per heavy atom. The van der Waals surface area contributed by atoms with E-state index in [0.717, 1.165) is 6.07 Å². The van der Waals surface area contributed by atoms with Crippen LogP contribution in [0.2, 0.25) is 0 Å². The Morgan fingerprint density at radius 3 is 2.40 bits per heavy atom. The summed E-state index contributed by atoms with van der Waals surface area (Å²) in [5.41, 5.74) is -2.80. The number of H-pyrrole nitrogens is 1. The van der Waals surface area contributed by atoms with Gasteiger partial charge in [0.25, 0.3) is 10.0 Å². The van der Waals surface area contributed by atoms with Crippen LogP contribution in [0.4, 0.5) is 27.6 Å². The summed E-state index contributed by atoms with van der Waals surface area (Å²) in [4.78, 5) is 19.2. The van der Waals surface area contributed by atoms with Crippen LogP contribution in [0.15, 0.2) is 59.8 Å². The number of ether oxygens (including phenoxy) is 1. The van der Waals surface area contributed by atoms with E-state index in [1.54, 1.807) is 0 Å². The molecule has 2 N–H and O–H groups in total. The molecule has 2 heterocycles. The molecule has 0 spiro atoms. The Labute approximate surface area is 194 Å². The van der Waals surface area contributed by atoms with E-state index >= 15 is 4.39 Å². The van der Waals surface area contributed by atoms with Crippen molar-refractivity contribution in [3.8, 4) is 5.75 Å². The first kappa shape index (κ1) is 24.1. The van der Waals surface area contributed by atoms with Crippen molar-refractivity contribution in [3.05, 3.63) is 83.2 Å². The number of anilines is 1. The summed E-state index contributed by atoms with van der Waals surface area (Å²) in [6.45, 7) is 0. The third kappa shape index (κ3) is 4.54. The van der Waals surface area contributed by atoms with Gasteiger partial charge in [-0.2, -0.15) is 13.2 Å². The van der Waals surface area contributed by atoms with Crippen LogP contribution in [-0.4, -0.2) is 31.3 Å². The number of benzene rings is 2. The maximum atomic E-state index is 15.2. The van der Waals surface area contributed by atoms with E-state index in [-0.39, 0.29) is 22.3 Å². The van der Waals surface area contributed by atoms with E-state index in [1.807, 2.05) is 4.72 Å². The molecule has 4 aromatic rings. The Kier molecular flexibility index (Phi) is 5.97. The summed E-state index contributed by atoms with van der Waals surface area (Å²) in [7, 11) is -3.21. The highest BCUT2D eigenvalue weighted by Gasteiger charge is 2.31. The highest BCUT2D eigenvalue weighted by atomic mass is 32.2. The van der Waals surface area contributed by atoms with Gasteiger partial charge in [-0.3, -0.25) is 9.52 Å². The fourth-order valence-corrected chi connectivity index (χ4v) is 4.34. The number of alkyl halides is 3. The molecule has 0 radical (unpaired) electrons. The molecule has 0 unspecified atom stereocenters. The van der Waals surface area contributed by atoms with Crippen molar-refractivity contribution in [2.75, 3.05) is 11.8 Å². The Morgan fingerprint density at radius 2 is 1.77 bits per heavy atom. The molecule has 182 valence electrons. The summed E-state index contributed by atoms with van der Waals surface area (Å²) >= 11 is 0. The van der Waals surface area contributed by atoms with Gasteiger partial charge in [-0.05, 0) is 42.5 Å². The van der Waals surface area contributed by atoms with E-state index < -0.39 is 55.3 Å². The number of hydrogen-bond donors (Lipinski definition) is 2. The average Bonchev–Trinajstić information content (AvgIpc) is 3.23. The minimum Gasteiger partial charge on any atom is -0.495 e. The number of fused-ring (bicyclic) bond motifs is 1. The van der Waals surface area contributed by atoms with Crippen molar-refractivity contribution in [1.82, 2.24) is 9.97 Å². The molecule has 0 amide bonds. The van der Waals surface area contributed by atoms with Gasteiger partial charge in [-0.15, -0.1) is 0 Å². The molecule has 0 aliphatic carbocycles. The smallest absolute Gasteiger partial charge is 0.416 e. The predicted molar refractivity (Wildman–Crippen MR) is 115 cm³/mol. The highest BCUT2D eigenvalue weighted by Crippen LogP contribution is 2.31. The lowest BCUT2D eigenvalue weighted by Crippen LogP contribution is -2.17. The fourth-order valence-electron chi connectivity index (χ4n) is 3.28. The Balaban J connectivity index is 1.71. The van der Waals surface area contributed by atoms with E-state index in [4.69, 9.17) is 4.74 Å². The number of carbonyl (C=O) groups excluding carboxylic acids is 1. The Hall–Kier alpha value is -4.00. The molecule has 35 heavy (non-hydrogen) atoms. The molecular weight excluding hydrogens is 497 g/mol. The zero-order valence-electron chi connectivity index (χ0n) is 17.6. The van der Waals surface area contributed by atoms with Crippen LogP contribution in [0.25, 0.3) is 11.0 Å². The SMILES string of the molecule is COc1cnc2[nH]cc(C(=O)c3c(F)ccc(NS(=O)(=O)c4ccc(C(F)(F)F)cc4)c3F)c2c1. The van der Waals surface area contributed by atoms with Gasteiger partial charge in [0.1, 0.15) is 17.2 Å². The molecular formula is C22H14F5N3O4S. The van der Waals surface area contributed by atoms with Gasteiger partial charge in [-0.1, -0.05) is 0 Å². The number of nitrogens with zero attached hydrogens (tertiary/aromatic N) is 1. The fraction of sp³-hybridized carbons (Fsp3) is 0.0909. The van der Waals surface area contributed by atoms with Crippen molar-refractivity contribution in [1.29, 1.82) is 0 Å². The summed E-state index contributed by atoms with van der Waals surface area (Å²) in [5, 5.41) is 0.212. The first-order valence-corrected chi connectivity index (χ1v) is 11.1. The zero-order valence-corrected chi connectivity index (χ0v) is 18.4. The number of aromatic nitrogens is 2. The van der Waals surface area contributed by atoms with E-state index in [0.29, 0.717) is 30.3 Å². The molecule has 0 atom stereocenters. The van der Waals surface area contributed by atoms with Gasteiger partial charge in [0, 0.05) is 17.1 Å². The molecule has 0 aliphatic rings. The topological polar surface area (TPSA) is 101 Å². The third-order valence-electron chi connectivity index (χ3n) is 5.04. The maximum absolute atomic E-state index is 15.2. The average molecular weight is 511 g/mol. The number of rotatable bonds is 6. The second-order valence-electron chi connectivity index (χ2n) is 7.21. The van der Waals surface area contributed by atoms with Crippen molar-refractivity contribution in [2.45, 2.75) is 11.1 Å². The Bertz CT molecular complexity index is 1550. The molecule has 0 fully saturated rings. The number of aromatic amines is 1. The lowest BCUT2D eigenvalue weighted by atomic mass is 10.0. The monoisotopic (exact) mass is 511 g/mol. The first-order valence-electron chi connectivity index (χ1n) is 9.66. The number of halogens is 5. The number of nitrogens with one attached hydrogen (secondary N) is 2. The molecule has 13 heteroatoms. The quantitative estimate of drug-likeness (QED) is 0.283. The number of sulfonamides is 1. The largest absolute Gasteiger partial charge is 0.495 e. The van der Waals surface area contributed by atoms with Crippen LogP contribution in [0.1, 0.15) is 21.5 Å². The van der Waals surface area contributed by atoms with Crippen LogP contribution < -0.4 is 9.46 Å². The normalized spacial score (nSPS) is 12.1. The molecule has 0 saturated heterocycles. The number of carbonyl (C=O) groups is 1. The number of ketones is 1. The summed E-state index contributed by atoms with van der Waals surface area (Å²) in [6.07, 6.45) is -2.13. The van der Waals surface area contributed by atoms with Gasteiger partial charge >= 0.3 is 6.18 Å². The van der Waals surface area contributed by atoms with Gasteiger partial charge in [0.15, 0.2) is 5.82 Å². The van der Waals surface area contributed by atoms with E-state index in [2.05, 4.69) is 9.97 Å². The molecule has 0 bridgehead atoms. The van der Waals surface area contributed by atoms with Crippen molar-refractivity contribution in [2.24, 2.45) is 0 Å². The maximum Gasteiger partial charge on any atom is 0.416 e. The van der Waals surface area contributed by atoms with Crippen molar-refractivity contribution >= 4 is 32.5 Å². The molecule has 4 rings (SSSR count). The molecule has 0 aliphatic heterocycles. The minimum atomic E-state index is -4.68. The first-order chi connectivity index (χ1) is 16.4. The molecule has 7 nitrogen and oxygen atoms in total. The number of methoxy groups -OCH3 is 1. The van der Waals surface area contributed by atoms with Crippen LogP contribution in [0, 0.1) is 11.6 Å². The van der Waals surface area contributed by atoms with Crippen molar-refractivity contribution < 1.29 is 39.9 Å². The second-order valence-corrected chi connectivity index (χ2v) is 8.90. The van der Waals surface area contributed by atoms with Gasteiger partial charge in [-0.25, -0.2) is 22.2 Å². The number of hydrogen-bond acceptors (Lipinski definition) is 5. The standard InChI is InChI=1S/C22H14F5N3O4S/c1-34-12-8-14-15(10-29-21(14)28-9-12)20(31)18-16(23)6-7-17(19(18)24)30-35(32,33)13-4-2-11(3-5-13)22(25,26)27/h2-10,30H,1H3,(H,28,29).